The minimum Gasteiger partial charge on any atom is -0.351 e. The van der Waals surface area contributed by atoms with Gasteiger partial charge >= 0.3 is 0 Å². The van der Waals surface area contributed by atoms with E-state index in [1.807, 2.05) is 30.5 Å². The highest BCUT2D eigenvalue weighted by molar-refractivity contribution is 6.21. The average Bonchev–Trinajstić information content (AvgIpc) is 2.38. The third-order valence-corrected chi connectivity index (χ3v) is 4.68. The normalized spacial score (nSPS) is 25.7. The van der Waals surface area contributed by atoms with Crippen LogP contribution in [0.2, 0.25) is 0 Å². The topological polar surface area (TPSA) is 37.8 Å². The fourth-order valence-corrected chi connectivity index (χ4v) is 2.64. The maximum atomic E-state index is 6.22. The van der Waals surface area contributed by atoms with Gasteiger partial charge in [-0.1, -0.05) is 32.0 Å². The maximum absolute atomic E-state index is 6.22. The molecule has 3 nitrogen and oxygen atoms in total. The van der Waals surface area contributed by atoms with Crippen molar-refractivity contribution in [1.82, 2.24) is 9.97 Å². The summed E-state index contributed by atoms with van der Waals surface area (Å²) in [4.78, 5) is 8.88. The number of nitrogens with zero attached hydrogens (tertiary/aromatic N) is 2. The minimum atomic E-state index is 0.0938. The number of anilines is 1. The predicted molar refractivity (Wildman–Crippen MR) is 75.0 cm³/mol. The molecule has 2 atom stereocenters. The Hall–Kier alpha value is -1.35. The summed E-state index contributed by atoms with van der Waals surface area (Å²) in [6, 6.07) is 8.34. The summed E-state index contributed by atoms with van der Waals surface area (Å²) in [5.41, 5.74) is 1.06. The lowest BCUT2D eigenvalue weighted by Crippen LogP contribution is -2.54. The molecule has 94 valence electrons. The highest BCUT2D eigenvalue weighted by Gasteiger charge is 2.47. The van der Waals surface area contributed by atoms with E-state index in [-0.39, 0.29) is 10.8 Å². The van der Waals surface area contributed by atoms with Gasteiger partial charge < -0.3 is 5.32 Å². The first-order chi connectivity index (χ1) is 8.57. The van der Waals surface area contributed by atoms with Gasteiger partial charge in [0, 0.05) is 28.4 Å². The molecule has 18 heavy (non-hydrogen) atoms. The minimum absolute atomic E-state index is 0.0938. The van der Waals surface area contributed by atoms with Gasteiger partial charge in [-0.15, -0.1) is 11.6 Å². The Balaban J connectivity index is 1.83. The zero-order chi connectivity index (χ0) is 12.8. The van der Waals surface area contributed by atoms with Crippen LogP contribution in [0.1, 0.15) is 20.3 Å². The van der Waals surface area contributed by atoms with Gasteiger partial charge in [0.25, 0.3) is 0 Å². The van der Waals surface area contributed by atoms with Crippen molar-refractivity contribution < 1.29 is 0 Å². The van der Waals surface area contributed by atoms with E-state index < -0.39 is 0 Å². The number of para-hydroxylation sites is 1. The molecule has 1 saturated carbocycles. The van der Waals surface area contributed by atoms with Gasteiger partial charge in [0.15, 0.2) is 0 Å². The third kappa shape index (κ3) is 1.83. The highest BCUT2D eigenvalue weighted by Crippen LogP contribution is 2.45. The van der Waals surface area contributed by atoms with E-state index in [9.17, 15) is 0 Å². The number of benzene rings is 1. The van der Waals surface area contributed by atoms with Gasteiger partial charge in [0.2, 0.25) is 5.95 Å². The fourth-order valence-electron chi connectivity index (χ4n) is 2.31. The molecule has 1 fully saturated rings. The van der Waals surface area contributed by atoms with Gasteiger partial charge in [-0.2, -0.15) is 0 Å². The number of alkyl halides is 1. The van der Waals surface area contributed by atoms with Crippen molar-refractivity contribution in [3.63, 3.8) is 0 Å². The summed E-state index contributed by atoms with van der Waals surface area (Å²) in [6.45, 7) is 4.35. The van der Waals surface area contributed by atoms with Crippen LogP contribution >= 0.6 is 11.6 Å². The van der Waals surface area contributed by atoms with Gasteiger partial charge in [-0.25, -0.2) is 9.97 Å². The fraction of sp³-hybridized carbons (Fsp3) is 0.429. The Morgan fingerprint density at radius 3 is 2.83 bits per heavy atom. The molecule has 4 heteroatoms. The van der Waals surface area contributed by atoms with Crippen LogP contribution in [0.3, 0.4) is 0 Å². The Labute approximate surface area is 112 Å². The van der Waals surface area contributed by atoms with E-state index in [1.54, 1.807) is 0 Å². The van der Waals surface area contributed by atoms with E-state index in [0.717, 1.165) is 17.3 Å². The molecule has 0 spiro atoms. The standard InChI is InChI=1S/C14H16ClN3/c1-14(2)11(15)7-12(14)18-13-16-8-9-5-3-4-6-10(9)17-13/h3-6,8,11-12H,7H2,1-2H3,(H,16,17,18). The average molecular weight is 262 g/mol. The quantitative estimate of drug-likeness (QED) is 0.842. The van der Waals surface area contributed by atoms with Crippen LogP contribution in [0.4, 0.5) is 5.95 Å². The molecule has 2 aromatic rings. The molecule has 1 aliphatic carbocycles. The molecule has 0 bridgehead atoms. The second kappa shape index (κ2) is 4.09. The lowest BCUT2D eigenvalue weighted by atomic mass is 9.67. The molecule has 0 amide bonds. The first kappa shape index (κ1) is 11.7. The van der Waals surface area contributed by atoms with Gasteiger partial charge in [-0.05, 0) is 12.5 Å². The van der Waals surface area contributed by atoms with Gasteiger partial charge in [-0.3, -0.25) is 0 Å². The Kier molecular flexibility index (Phi) is 2.67. The molecule has 0 radical (unpaired) electrons. The van der Waals surface area contributed by atoms with Crippen molar-refractivity contribution in [3.8, 4) is 0 Å². The Morgan fingerprint density at radius 1 is 1.33 bits per heavy atom. The summed E-state index contributed by atoms with van der Waals surface area (Å²) in [7, 11) is 0. The van der Waals surface area contributed by atoms with Crippen LogP contribution in [-0.4, -0.2) is 21.4 Å². The molecular formula is C14H16ClN3. The highest BCUT2D eigenvalue weighted by atomic mass is 35.5. The summed E-state index contributed by atoms with van der Waals surface area (Å²) in [5, 5.41) is 4.68. The van der Waals surface area contributed by atoms with Crippen LogP contribution in [0.15, 0.2) is 30.5 Å². The monoisotopic (exact) mass is 261 g/mol. The molecule has 0 aliphatic heterocycles. The second-order valence-corrected chi connectivity index (χ2v) is 6.00. The first-order valence-corrected chi connectivity index (χ1v) is 6.63. The van der Waals surface area contributed by atoms with E-state index in [2.05, 4.69) is 29.1 Å². The molecule has 1 aliphatic rings. The Bertz CT molecular complexity index is 582. The second-order valence-electron chi connectivity index (χ2n) is 5.47. The molecule has 0 saturated heterocycles. The van der Waals surface area contributed by atoms with Gasteiger partial charge in [0.1, 0.15) is 0 Å². The summed E-state index contributed by atoms with van der Waals surface area (Å²) < 4.78 is 0. The van der Waals surface area contributed by atoms with Crippen molar-refractivity contribution in [2.75, 3.05) is 5.32 Å². The van der Waals surface area contributed by atoms with E-state index in [0.29, 0.717) is 12.0 Å². The van der Waals surface area contributed by atoms with Crippen LogP contribution in [0.5, 0.6) is 0 Å². The molecule has 1 aromatic carbocycles. The lowest BCUT2D eigenvalue weighted by Gasteiger charge is -2.49. The number of hydrogen-bond acceptors (Lipinski definition) is 3. The van der Waals surface area contributed by atoms with Crippen molar-refractivity contribution in [2.45, 2.75) is 31.7 Å². The molecule has 2 unspecified atom stereocenters. The van der Waals surface area contributed by atoms with E-state index in [1.165, 1.54) is 0 Å². The zero-order valence-electron chi connectivity index (χ0n) is 10.5. The third-order valence-electron chi connectivity index (χ3n) is 3.94. The largest absolute Gasteiger partial charge is 0.351 e. The van der Waals surface area contributed by atoms with Crippen molar-refractivity contribution in [3.05, 3.63) is 30.5 Å². The maximum Gasteiger partial charge on any atom is 0.223 e. The van der Waals surface area contributed by atoms with Crippen molar-refractivity contribution in [1.29, 1.82) is 0 Å². The predicted octanol–water partition coefficient (Wildman–Crippen LogP) is 3.45. The summed E-state index contributed by atoms with van der Waals surface area (Å²) in [6.07, 6.45) is 2.82. The number of rotatable bonds is 2. The van der Waals surface area contributed by atoms with E-state index >= 15 is 0 Å². The molecule has 3 rings (SSSR count). The SMILES string of the molecule is CC1(C)C(Cl)CC1Nc1ncc2ccccc2n1. The zero-order valence-corrected chi connectivity index (χ0v) is 11.3. The van der Waals surface area contributed by atoms with Crippen LogP contribution in [0.25, 0.3) is 10.9 Å². The van der Waals surface area contributed by atoms with Crippen LogP contribution < -0.4 is 5.32 Å². The number of nitrogens with one attached hydrogen (secondary N) is 1. The number of aromatic nitrogens is 2. The van der Waals surface area contributed by atoms with Crippen LogP contribution in [-0.2, 0) is 0 Å². The first-order valence-electron chi connectivity index (χ1n) is 6.20. The van der Waals surface area contributed by atoms with Crippen LogP contribution in [0, 0.1) is 5.41 Å². The number of halogens is 1. The van der Waals surface area contributed by atoms with E-state index in [4.69, 9.17) is 11.6 Å². The molecule has 1 N–H and O–H groups in total. The number of fused-ring (bicyclic) bond motifs is 1. The molecular weight excluding hydrogens is 246 g/mol. The molecule has 1 aromatic heterocycles. The lowest BCUT2D eigenvalue weighted by molar-refractivity contribution is 0.168. The smallest absolute Gasteiger partial charge is 0.223 e. The van der Waals surface area contributed by atoms with Crippen molar-refractivity contribution in [2.24, 2.45) is 5.41 Å². The Morgan fingerprint density at radius 2 is 2.11 bits per heavy atom. The van der Waals surface area contributed by atoms with Gasteiger partial charge in [0.05, 0.1) is 5.52 Å². The number of hydrogen-bond donors (Lipinski definition) is 1. The summed E-state index contributed by atoms with van der Waals surface area (Å²) in [5.74, 6) is 0.690. The van der Waals surface area contributed by atoms with Crippen molar-refractivity contribution >= 4 is 28.5 Å². The molecule has 1 heterocycles. The summed E-state index contributed by atoms with van der Waals surface area (Å²) >= 11 is 6.22.